The molecule has 0 aliphatic carbocycles. The van der Waals surface area contributed by atoms with Gasteiger partial charge in [-0.3, -0.25) is 4.90 Å². The van der Waals surface area contributed by atoms with Crippen LogP contribution in [0.5, 0.6) is 0 Å². The molecular weight excluding hydrogens is 306 g/mol. The molecule has 0 saturated carbocycles. The lowest BCUT2D eigenvalue weighted by atomic mass is 10.0. The van der Waals surface area contributed by atoms with Crippen molar-refractivity contribution in [3.63, 3.8) is 0 Å². The SMILES string of the molecule is c1ccc(CN2CCc3c(sc4ncn5ncnc5c34)C2)cc1. The fraction of sp³-hybridized carbons (Fsp3) is 0.235. The molecule has 1 aliphatic heterocycles. The molecule has 0 radical (unpaired) electrons. The molecule has 0 N–H and O–H groups in total. The van der Waals surface area contributed by atoms with E-state index in [9.17, 15) is 0 Å². The van der Waals surface area contributed by atoms with Crippen LogP contribution in [0, 0.1) is 0 Å². The maximum atomic E-state index is 4.56. The monoisotopic (exact) mass is 321 g/mol. The van der Waals surface area contributed by atoms with Gasteiger partial charge in [0.1, 0.15) is 17.5 Å². The first kappa shape index (κ1) is 13.2. The van der Waals surface area contributed by atoms with E-state index < -0.39 is 0 Å². The van der Waals surface area contributed by atoms with Crippen LogP contribution in [0.1, 0.15) is 16.0 Å². The van der Waals surface area contributed by atoms with E-state index in [-0.39, 0.29) is 0 Å². The minimum Gasteiger partial charge on any atom is -0.294 e. The highest BCUT2D eigenvalue weighted by Crippen LogP contribution is 2.36. The molecule has 0 unspecified atom stereocenters. The summed E-state index contributed by atoms with van der Waals surface area (Å²) < 4.78 is 1.77. The van der Waals surface area contributed by atoms with Gasteiger partial charge in [-0.25, -0.2) is 14.5 Å². The molecule has 1 aromatic carbocycles. The van der Waals surface area contributed by atoms with Crippen molar-refractivity contribution in [1.82, 2.24) is 24.5 Å². The van der Waals surface area contributed by atoms with Gasteiger partial charge in [0.25, 0.3) is 0 Å². The van der Waals surface area contributed by atoms with E-state index >= 15 is 0 Å². The van der Waals surface area contributed by atoms with Gasteiger partial charge in [0.05, 0.1) is 5.39 Å². The molecule has 0 spiro atoms. The Bertz CT molecular complexity index is 988. The molecule has 0 fully saturated rings. The van der Waals surface area contributed by atoms with Crippen molar-refractivity contribution in [1.29, 1.82) is 0 Å². The maximum Gasteiger partial charge on any atom is 0.167 e. The minimum absolute atomic E-state index is 0.934. The van der Waals surface area contributed by atoms with E-state index in [4.69, 9.17) is 0 Å². The minimum atomic E-state index is 0.934. The van der Waals surface area contributed by atoms with Crippen molar-refractivity contribution in [3.05, 3.63) is 59.0 Å². The lowest BCUT2D eigenvalue weighted by molar-refractivity contribution is 0.249. The summed E-state index contributed by atoms with van der Waals surface area (Å²) in [6.45, 7) is 3.07. The molecule has 23 heavy (non-hydrogen) atoms. The Balaban J connectivity index is 1.53. The number of rotatable bonds is 2. The lowest BCUT2D eigenvalue weighted by Crippen LogP contribution is -2.29. The molecule has 0 bridgehead atoms. The van der Waals surface area contributed by atoms with Gasteiger partial charge < -0.3 is 0 Å². The van der Waals surface area contributed by atoms with Gasteiger partial charge in [-0.05, 0) is 17.5 Å². The topological polar surface area (TPSA) is 46.3 Å². The summed E-state index contributed by atoms with van der Waals surface area (Å²) >= 11 is 1.80. The molecule has 0 amide bonds. The normalized spacial score (nSPS) is 15.3. The van der Waals surface area contributed by atoms with Gasteiger partial charge in [0.15, 0.2) is 5.65 Å². The number of fused-ring (bicyclic) bond motifs is 5. The first-order valence-corrected chi connectivity index (χ1v) is 8.55. The van der Waals surface area contributed by atoms with Crippen LogP contribution in [0.2, 0.25) is 0 Å². The van der Waals surface area contributed by atoms with Gasteiger partial charge in [0.2, 0.25) is 0 Å². The second-order valence-electron chi connectivity index (χ2n) is 5.90. The van der Waals surface area contributed by atoms with Crippen LogP contribution in [-0.2, 0) is 19.5 Å². The summed E-state index contributed by atoms with van der Waals surface area (Å²) in [5.41, 5.74) is 3.72. The number of aromatic nitrogens is 4. The van der Waals surface area contributed by atoms with Crippen molar-refractivity contribution in [2.45, 2.75) is 19.5 Å². The molecule has 3 aromatic heterocycles. The number of hydrogen-bond donors (Lipinski definition) is 0. The van der Waals surface area contributed by atoms with Crippen LogP contribution in [0.25, 0.3) is 15.9 Å². The second-order valence-corrected chi connectivity index (χ2v) is 6.99. The molecular formula is C17H15N5S. The molecule has 4 heterocycles. The van der Waals surface area contributed by atoms with Gasteiger partial charge in [0, 0.05) is 24.5 Å². The van der Waals surface area contributed by atoms with Crippen molar-refractivity contribution >= 4 is 27.2 Å². The van der Waals surface area contributed by atoms with Crippen LogP contribution in [0.15, 0.2) is 43.0 Å². The highest BCUT2D eigenvalue weighted by atomic mass is 32.1. The van der Waals surface area contributed by atoms with E-state index in [0.717, 1.165) is 36.5 Å². The van der Waals surface area contributed by atoms with Crippen LogP contribution in [0.3, 0.4) is 0 Å². The quantitative estimate of drug-likeness (QED) is 0.569. The van der Waals surface area contributed by atoms with E-state index in [2.05, 4.69) is 50.3 Å². The Labute approximate surface area is 137 Å². The smallest absolute Gasteiger partial charge is 0.167 e. The lowest BCUT2D eigenvalue weighted by Gasteiger charge is -2.26. The summed E-state index contributed by atoms with van der Waals surface area (Å²) in [5, 5.41) is 5.40. The van der Waals surface area contributed by atoms with Crippen LogP contribution in [0.4, 0.5) is 0 Å². The number of nitrogens with zero attached hydrogens (tertiary/aromatic N) is 5. The average molecular weight is 321 g/mol. The van der Waals surface area contributed by atoms with Crippen molar-refractivity contribution in [2.75, 3.05) is 6.54 Å². The average Bonchev–Trinajstić information content (AvgIpc) is 3.18. The van der Waals surface area contributed by atoms with Crippen LogP contribution >= 0.6 is 11.3 Å². The molecule has 4 aromatic rings. The maximum absolute atomic E-state index is 4.56. The molecule has 114 valence electrons. The Kier molecular flexibility index (Phi) is 2.92. The van der Waals surface area contributed by atoms with Gasteiger partial charge in [-0.15, -0.1) is 11.3 Å². The van der Waals surface area contributed by atoms with E-state index in [1.807, 2.05) is 0 Å². The first-order chi connectivity index (χ1) is 11.4. The Morgan fingerprint density at radius 3 is 2.96 bits per heavy atom. The predicted octanol–water partition coefficient (Wildman–Crippen LogP) is 2.90. The molecule has 0 atom stereocenters. The van der Waals surface area contributed by atoms with Crippen LogP contribution < -0.4 is 0 Å². The summed E-state index contributed by atoms with van der Waals surface area (Å²) in [6, 6.07) is 10.7. The largest absolute Gasteiger partial charge is 0.294 e. The molecule has 1 aliphatic rings. The second kappa shape index (κ2) is 5.11. The van der Waals surface area contributed by atoms with E-state index in [0.29, 0.717) is 0 Å². The number of benzene rings is 1. The summed E-state index contributed by atoms with van der Waals surface area (Å²) in [5.74, 6) is 0. The fourth-order valence-electron chi connectivity index (χ4n) is 3.36. The molecule has 0 saturated heterocycles. The van der Waals surface area contributed by atoms with E-state index in [1.165, 1.54) is 21.4 Å². The third-order valence-electron chi connectivity index (χ3n) is 4.45. The fourth-order valence-corrected chi connectivity index (χ4v) is 4.59. The summed E-state index contributed by atoms with van der Waals surface area (Å²) in [7, 11) is 0. The zero-order chi connectivity index (χ0) is 15.2. The molecule has 5 nitrogen and oxygen atoms in total. The third kappa shape index (κ3) is 2.14. The van der Waals surface area contributed by atoms with Crippen molar-refractivity contribution < 1.29 is 0 Å². The van der Waals surface area contributed by atoms with Crippen LogP contribution in [-0.4, -0.2) is 31.0 Å². The number of thiophene rings is 1. The Hall–Kier alpha value is -2.31. The van der Waals surface area contributed by atoms with Crippen molar-refractivity contribution in [3.8, 4) is 0 Å². The zero-order valence-corrected chi connectivity index (χ0v) is 13.3. The summed E-state index contributed by atoms with van der Waals surface area (Å²) in [6.07, 6.45) is 4.41. The Morgan fingerprint density at radius 2 is 2.04 bits per heavy atom. The highest BCUT2D eigenvalue weighted by Gasteiger charge is 2.23. The predicted molar refractivity (Wildman–Crippen MR) is 90.4 cm³/mol. The molecule has 5 rings (SSSR count). The third-order valence-corrected chi connectivity index (χ3v) is 5.57. The standard InChI is InChI=1S/C17H15N5S/c1-2-4-12(5-3-1)8-21-7-6-13-14(9-21)23-17-15(13)16-18-10-20-22(16)11-19-17/h1-5,10-11H,6-9H2. The van der Waals surface area contributed by atoms with Crippen molar-refractivity contribution in [2.24, 2.45) is 0 Å². The number of hydrogen-bond acceptors (Lipinski definition) is 5. The summed E-state index contributed by atoms with van der Waals surface area (Å²) in [4.78, 5) is 14.0. The molecule has 6 heteroatoms. The van der Waals surface area contributed by atoms with Gasteiger partial charge >= 0.3 is 0 Å². The van der Waals surface area contributed by atoms with Gasteiger partial charge in [-0.2, -0.15) is 5.10 Å². The first-order valence-electron chi connectivity index (χ1n) is 7.73. The van der Waals surface area contributed by atoms with Gasteiger partial charge in [-0.1, -0.05) is 30.3 Å². The zero-order valence-electron chi connectivity index (χ0n) is 12.5. The Morgan fingerprint density at radius 1 is 1.13 bits per heavy atom. The van der Waals surface area contributed by atoms with E-state index in [1.54, 1.807) is 28.5 Å². The highest BCUT2D eigenvalue weighted by molar-refractivity contribution is 7.19.